The number of aromatic nitrogens is 1. The van der Waals surface area contributed by atoms with Crippen LogP contribution in [0.25, 0.3) is 11.1 Å². The van der Waals surface area contributed by atoms with Gasteiger partial charge in [-0.25, -0.2) is 0 Å². The van der Waals surface area contributed by atoms with E-state index in [0.29, 0.717) is 19.6 Å². The molecule has 1 aromatic carbocycles. The van der Waals surface area contributed by atoms with Crippen LogP contribution >= 0.6 is 0 Å². The zero-order valence-corrected chi connectivity index (χ0v) is 17.4. The van der Waals surface area contributed by atoms with E-state index in [1.165, 1.54) is 0 Å². The van der Waals surface area contributed by atoms with Gasteiger partial charge < -0.3 is 19.5 Å². The van der Waals surface area contributed by atoms with Gasteiger partial charge in [0.15, 0.2) is 0 Å². The summed E-state index contributed by atoms with van der Waals surface area (Å²) in [6.45, 7) is 1.71. The second-order valence-electron chi connectivity index (χ2n) is 8.51. The SMILES string of the molecule is CN(C)c1ccc(-c2ccc(=O)n3c2[C@@H]2C[C@@H](CN(C(=O)CCC(=O)O)C2)C3)cc1. The van der Waals surface area contributed by atoms with Crippen LogP contribution in [0.3, 0.4) is 0 Å². The largest absolute Gasteiger partial charge is 0.481 e. The molecule has 2 bridgehead atoms. The topological polar surface area (TPSA) is 82.9 Å². The molecule has 1 fully saturated rings. The summed E-state index contributed by atoms with van der Waals surface area (Å²) in [5.41, 5.74) is 4.18. The molecule has 0 radical (unpaired) electrons. The highest BCUT2D eigenvalue weighted by molar-refractivity contribution is 5.81. The molecule has 1 N–H and O–H groups in total. The Kier molecular flexibility index (Phi) is 5.37. The zero-order chi connectivity index (χ0) is 21.4. The van der Waals surface area contributed by atoms with Gasteiger partial charge in [0.05, 0.1) is 6.42 Å². The highest BCUT2D eigenvalue weighted by Gasteiger charge is 2.37. The Labute approximate surface area is 175 Å². The summed E-state index contributed by atoms with van der Waals surface area (Å²) in [5, 5.41) is 8.89. The molecule has 7 nitrogen and oxygen atoms in total. The number of fused-ring (bicyclic) bond motifs is 4. The van der Waals surface area contributed by atoms with Gasteiger partial charge in [-0.15, -0.1) is 0 Å². The van der Waals surface area contributed by atoms with Gasteiger partial charge in [0, 0.05) is 69.1 Å². The van der Waals surface area contributed by atoms with Gasteiger partial charge in [-0.05, 0) is 36.1 Å². The van der Waals surface area contributed by atoms with Crippen LogP contribution in [0.5, 0.6) is 0 Å². The number of carbonyl (C=O) groups is 2. The summed E-state index contributed by atoms with van der Waals surface area (Å²) >= 11 is 0. The Morgan fingerprint density at radius 3 is 2.43 bits per heavy atom. The molecule has 2 aromatic rings. The normalized spacial score (nSPS) is 19.9. The van der Waals surface area contributed by atoms with E-state index in [-0.39, 0.29) is 36.1 Å². The lowest BCUT2D eigenvalue weighted by atomic mass is 9.80. The maximum atomic E-state index is 12.6. The molecule has 1 amide bonds. The second-order valence-corrected chi connectivity index (χ2v) is 8.51. The Morgan fingerprint density at radius 2 is 1.77 bits per heavy atom. The number of carboxylic acid groups (broad SMARTS) is 1. The van der Waals surface area contributed by atoms with E-state index in [2.05, 4.69) is 24.3 Å². The van der Waals surface area contributed by atoms with Crippen molar-refractivity contribution in [2.24, 2.45) is 5.92 Å². The number of hydrogen-bond donors (Lipinski definition) is 1. The van der Waals surface area contributed by atoms with Gasteiger partial charge >= 0.3 is 5.97 Å². The van der Waals surface area contributed by atoms with Crippen molar-refractivity contribution in [3.63, 3.8) is 0 Å². The maximum absolute atomic E-state index is 12.6. The van der Waals surface area contributed by atoms with Crippen LogP contribution in [-0.2, 0) is 16.1 Å². The first-order valence-electron chi connectivity index (χ1n) is 10.3. The number of likely N-dealkylation sites (tertiary alicyclic amines) is 1. The van der Waals surface area contributed by atoms with Gasteiger partial charge in [-0.2, -0.15) is 0 Å². The smallest absolute Gasteiger partial charge is 0.303 e. The molecule has 1 aromatic heterocycles. The number of carbonyl (C=O) groups excluding carboxylic acids is 1. The first-order chi connectivity index (χ1) is 14.3. The molecule has 2 aliphatic rings. The minimum absolute atomic E-state index is 0.000912. The van der Waals surface area contributed by atoms with Gasteiger partial charge in [0.25, 0.3) is 5.56 Å². The fourth-order valence-corrected chi connectivity index (χ4v) is 4.77. The van der Waals surface area contributed by atoms with Gasteiger partial charge in [-0.1, -0.05) is 12.1 Å². The number of anilines is 1. The van der Waals surface area contributed by atoms with Crippen LogP contribution in [-0.4, -0.2) is 53.6 Å². The Morgan fingerprint density at radius 1 is 1.03 bits per heavy atom. The zero-order valence-electron chi connectivity index (χ0n) is 17.4. The highest BCUT2D eigenvalue weighted by atomic mass is 16.4. The number of aliphatic carboxylic acids is 1. The molecule has 0 aliphatic carbocycles. The van der Waals surface area contributed by atoms with Crippen LogP contribution < -0.4 is 10.5 Å². The van der Waals surface area contributed by atoms with Crippen LogP contribution in [0.2, 0.25) is 0 Å². The molecule has 0 spiro atoms. The van der Waals surface area contributed by atoms with Crippen LogP contribution in [0, 0.1) is 5.92 Å². The van der Waals surface area contributed by atoms with Crippen molar-refractivity contribution in [1.29, 1.82) is 0 Å². The fourth-order valence-electron chi connectivity index (χ4n) is 4.77. The van der Waals surface area contributed by atoms with Gasteiger partial charge in [0.1, 0.15) is 0 Å². The van der Waals surface area contributed by atoms with E-state index in [9.17, 15) is 14.4 Å². The summed E-state index contributed by atoms with van der Waals surface area (Å²) < 4.78 is 1.88. The number of carboxylic acids is 1. The second kappa shape index (κ2) is 7.97. The minimum atomic E-state index is -0.957. The molecule has 0 unspecified atom stereocenters. The first kappa shape index (κ1) is 20.2. The molecular weight excluding hydrogens is 382 g/mol. The number of pyridine rings is 1. The summed E-state index contributed by atoms with van der Waals surface area (Å²) in [6.07, 6.45) is 0.814. The Hall–Kier alpha value is -3.09. The minimum Gasteiger partial charge on any atom is -0.481 e. The van der Waals surface area contributed by atoms with E-state index >= 15 is 0 Å². The van der Waals surface area contributed by atoms with Crippen molar-refractivity contribution in [3.8, 4) is 11.1 Å². The van der Waals surface area contributed by atoms with Gasteiger partial charge in [-0.3, -0.25) is 14.4 Å². The summed E-state index contributed by atoms with van der Waals surface area (Å²) in [4.78, 5) is 39.9. The van der Waals surface area contributed by atoms with Crippen LogP contribution in [0.1, 0.15) is 30.9 Å². The molecule has 4 rings (SSSR count). The molecule has 7 heteroatoms. The standard InChI is InChI=1S/C23H27N3O4/c1-24(2)18-5-3-16(4-6-18)19-7-8-21(28)26-13-15-11-17(23(19)26)14-25(12-15)20(27)9-10-22(29)30/h3-8,15,17H,9-14H2,1-2H3,(H,29,30)/t15-,17+/m0/s1. The fraction of sp³-hybridized carbons (Fsp3) is 0.435. The Bertz CT molecular complexity index is 1030. The molecule has 30 heavy (non-hydrogen) atoms. The third-order valence-electron chi connectivity index (χ3n) is 6.19. The number of rotatable bonds is 5. The van der Waals surface area contributed by atoms with E-state index in [1.54, 1.807) is 11.0 Å². The molecule has 2 aliphatic heterocycles. The monoisotopic (exact) mass is 409 g/mol. The number of hydrogen-bond acceptors (Lipinski definition) is 4. The van der Waals surface area contributed by atoms with E-state index in [4.69, 9.17) is 5.11 Å². The van der Waals surface area contributed by atoms with Crippen molar-refractivity contribution in [1.82, 2.24) is 9.47 Å². The van der Waals surface area contributed by atoms with Crippen molar-refractivity contribution in [3.05, 3.63) is 52.4 Å². The third kappa shape index (κ3) is 3.84. The number of nitrogens with zero attached hydrogens (tertiary/aromatic N) is 3. The molecule has 3 heterocycles. The highest BCUT2D eigenvalue weighted by Crippen LogP contribution is 2.40. The summed E-state index contributed by atoms with van der Waals surface area (Å²) in [6, 6.07) is 11.8. The van der Waals surface area contributed by atoms with Crippen LogP contribution in [0.15, 0.2) is 41.2 Å². The van der Waals surface area contributed by atoms with Crippen molar-refractivity contribution >= 4 is 17.6 Å². The van der Waals surface area contributed by atoms with E-state index in [1.807, 2.05) is 29.6 Å². The average Bonchev–Trinajstić information content (AvgIpc) is 2.72. The van der Waals surface area contributed by atoms with Crippen LogP contribution in [0.4, 0.5) is 5.69 Å². The van der Waals surface area contributed by atoms with E-state index in [0.717, 1.165) is 28.9 Å². The third-order valence-corrected chi connectivity index (χ3v) is 6.19. The lowest BCUT2D eigenvalue weighted by molar-refractivity contribution is -0.141. The lowest BCUT2D eigenvalue weighted by Crippen LogP contribution is -2.49. The Balaban J connectivity index is 1.67. The van der Waals surface area contributed by atoms with Crippen molar-refractivity contribution in [2.45, 2.75) is 31.7 Å². The summed E-state index contributed by atoms with van der Waals surface area (Å²) in [7, 11) is 3.99. The quantitative estimate of drug-likeness (QED) is 0.820. The maximum Gasteiger partial charge on any atom is 0.303 e. The average molecular weight is 409 g/mol. The van der Waals surface area contributed by atoms with E-state index < -0.39 is 5.97 Å². The van der Waals surface area contributed by atoms with Gasteiger partial charge in [0.2, 0.25) is 5.91 Å². The molecule has 1 saturated heterocycles. The predicted molar refractivity (Wildman–Crippen MR) is 115 cm³/mol. The number of piperidine rings is 1. The first-order valence-corrected chi connectivity index (χ1v) is 10.3. The molecular formula is C23H27N3O4. The molecule has 2 atom stereocenters. The van der Waals surface area contributed by atoms with Crippen molar-refractivity contribution in [2.75, 3.05) is 32.1 Å². The number of benzene rings is 1. The number of amides is 1. The molecule has 158 valence electrons. The molecule has 0 saturated carbocycles. The summed E-state index contributed by atoms with van der Waals surface area (Å²) in [5.74, 6) is -0.783. The van der Waals surface area contributed by atoms with Crippen molar-refractivity contribution < 1.29 is 14.7 Å². The lowest BCUT2D eigenvalue weighted by Gasteiger charge is -2.43. The predicted octanol–water partition coefficient (Wildman–Crippen LogP) is 2.39.